The van der Waals surface area contributed by atoms with Crippen molar-refractivity contribution in [3.8, 4) is 22.8 Å². The molecule has 4 aromatic heterocycles. The Labute approximate surface area is 184 Å². The molecule has 0 aliphatic carbocycles. The van der Waals surface area contributed by atoms with E-state index in [4.69, 9.17) is 0 Å². The summed E-state index contributed by atoms with van der Waals surface area (Å²) >= 11 is 0. The van der Waals surface area contributed by atoms with Crippen molar-refractivity contribution >= 4 is 16.8 Å². The van der Waals surface area contributed by atoms with Crippen molar-refractivity contribution in [3.05, 3.63) is 48.2 Å². The SMILES string of the molecule is Cn1c(C(=O)N2CC[C@H](O)C2)cc2cc(-c3cc(-c4noc(C(F)(F)F)n4)ccn3)ncc21. The molecule has 1 aliphatic heterocycles. The van der Waals surface area contributed by atoms with Gasteiger partial charge in [-0.3, -0.25) is 14.8 Å². The van der Waals surface area contributed by atoms with Crippen molar-refractivity contribution in [3.63, 3.8) is 0 Å². The summed E-state index contributed by atoms with van der Waals surface area (Å²) in [5, 5.41) is 13.9. The number of carbonyl (C=O) groups is 1. The van der Waals surface area contributed by atoms with E-state index in [2.05, 4.69) is 24.6 Å². The second-order valence-corrected chi connectivity index (χ2v) is 7.76. The highest BCUT2D eigenvalue weighted by Crippen LogP contribution is 2.30. The molecule has 0 aromatic carbocycles. The molecule has 170 valence electrons. The Bertz CT molecular complexity index is 1360. The molecule has 5 rings (SSSR count). The minimum Gasteiger partial charge on any atom is -0.391 e. The lowest BCUT2D eigenvalue weighted by Gasteiger charge is -2.15. The normalized spacial score (nSPS) is 16.6. The highest BCUT2D eigenvalue weighted by molar-refractivity contribution is 5.99. The van der Waals surface area contributed by atoms with Gasteiger partial charge in [-0.05, 0) is 30.7 Å². The van der Waals surface area contributed by atoms with Gasteiger partial charge in [0.25, 0.3) is 5.91 Å². The zero-order valence-electron chi connectivity index (χ0n) is 17.2. The molecule has 1 aliphatic rings. The summed E-state index contributed by atoms with van der Waals surface area (Å²) in [5.41, 5.74) is 2.34. The number of halogens is 3. The van der Waals surface area contributed by atoms with Crippen molar-refractivity contribution in [2.24, 2.45) is 7.05 Å². The molecule has 0 bridgehead atoms. The monoisotopic (exact) mass is 458 g/mol. The maximum absolute atomic E-state index is 12.9. The van der Waals surface area contributed by atoms with Crippen LogP contribution in [0.2, 0.25) is 0 Å². The van der Waals surface area contributed by atoms with Crippen LogP contribution < -0.4 is 0 Å². The molecule has 1 fully saturated rings. The summed E-state index contributed by atoms with van der Waals surface area (Å²) in [6.45, 7) is 0.792. The van der Waals surface area contributed by atoms with Crippen LogP contribution in [0.15, 0.2) is 41.2 Å². The van der Waals surface area contributed by atoms with E-state index in [9.17, 15) is 23.1 Å². The highest BCUT2D eigenvalue weighted by Gasteiger charge is 2.38. The lowest BCUT2D eigenvalue weighted by Crippen LogP contribution is -2.30. The molecule has 1 N–H and O–H groups in total. The Morgan fingerprint density at radius 2 is 2.00 bits per heavy atom. The van der Waals surface area contributed by atoms with Crippen LogP contribution in [0.3, 0.4) is 0 Å². The lowest BCUT2D eigenvalue weighted by atomic mass is 10.1. The average molecular weight is 458 g/mol. The van der Waals surface area contributed by atoms with Crippen LogP contribution in [0, 0.1) is 0 Å². The number of likely N-dealkylation sites (tertiary alicyclic amines) is 1. The van der Waals surface area contributed by atoms with Crippen molar-refractivity contribution in [2.45, 2.75) is 18.7 Å². The topological polar surface area (TPSA) is 110 Å². The molecule has 0 unspecified atom stereocenters. The first-order valence-corrected chi connectivity index (χ1v) is 10.0. The number of nitrogens with zero attached hydrogens (tertiary/aromatic N) is 6. The number of hydrogen-bond acceptors (Lipinski definition) is 7. The first kappa shape index (κ1) is 21.1. The Hall–Kier alpha value is -3.80. The minimum atomic E-state index is -4.73. The quantitative estimate of drug-likeness (QED) is 0.503. The van der Waals surface area contributed by atoms with Crippen molar-refractivity contribution in [1.82, 2.24) is 29.6 Å². The van der Waals surface area contributed by atoms with Crippen molar-refractivity contribution in [2.75, 3.05) is 13.1 Å². The number of carbonyl (C=O) groups excluding carboxylic acids is 1. The Kier molecular flexibility index (Phi) is 4.89. The van der Waals surface area contributed by atoms with Crippen LogP contribution in [0.1, 0.15) is 22.8 Å². The fraction of sp³-hybridized carbons (Fsp3) is 0.286. The van der Waals surface area contributed by atoms with Gasteiger partial charge in [-0.25, -0.2) is 0 Å². The molecule has 1 atom stereocenters. The van der Waals surface area contributed by atoms with Crippen LogP contribution in [0.25, 0.3) is 33.7 Å². The third-order valence-corrected chi connectivity index (χ3v) is 5.55. The van der Waals surface area contributed by atoms with E-state index in [1.165, 1.54) is 18.3 Å². The fourth-order valence-electron chi connectivity index (χ4n) is 3.83. The Morgan fingerprint density at radius 1 is 1.21 bits per heavy atom. The van der Waals surface area contributed by atoms with E-state index in [0.29, 0.717) is 36.6 Å². The summed E-state index contributed by atoms with van der Waals surface area (Å²) in [6.07, 6.45) is -1.68. The predicted molar refractivity (Wildman–Crippen MR) is 109 cm³/mol. The van der Waals surface area contributed by atoms with E-state index in [1.807, 2.05) is 0 Å². The van der Waals surface area contributed by atoms with Crippen LogP contribution >= 0.6 is 0 Å². The third-order valence-electron chi connectivity index (χ3n) is 5.55. The number of aliphatic hydroxyl groups excluding tert-OH is 1. The van der Waals surface area contributed by atoms with E-state index in [0.717, 1.165) is 10.9 Å². The van der Waals surface area contributed by atoms with E-state index in [-0.39, 0.29) is 17.3 Å². The predicted octanol–water partition coefficient (Wildman–Crippen LogP) is 2.91. The molecule has 12 heteroatoms. The number of amides is 1. The summed E-state index contributed by atoms with van der Waals surface area (Å²) in [7, 11) is 1.76. The van der Waals surface area contributed by atoms with Crippen LogP contribution in [0.4, 0.5) is 13.2 Å². The number of aryl methyl sites for hydroxylation is 1. The molecule has 5 heterocycles. The highest BCUT2D eigenvalue weighted by atomic mass is 19.4. The first-order chi connectivity index (χ1) is 15.7. The van der Waals surface area contributed by atoms with Gasteiger partial charge in [0.2, 0.25) is 5.82 Å². The van der Waals surface area contributed by atoms with Crippen molar-refractivity contribution in [1.29, 1.82) is 0 Å². The van der Waals surface area contributed by atoms with Gasteiger partial charge in [-0.1, -0.05) is 5.16 Å². The van der Waals surface area contributed by atoms with Crippen LogP contribution in [-0.4, -0.2) is 59.8 Å². The van der Waals surface area contributed by atoms with Gasteiger partial charge in [0.15, 0.2) is 0 Å². The number of aliphatic hydroxyl groups is 1. The maximum Gasteiger partial charge on any atom is 0.471 e. The molecule has 0 spiro atoms. The van der Waals surface area contributed by atoms with Gasteiger partial charge < -0.3 is 19.1 Å². The first-order valence-electron chi connectivity index (χ1n) is 10.0. The molecule has 0 radical (unpaired) electrons. The third kappa shape index (κ3) is 3.82. The molecule has 4 aromatic rings. The lowest BCUT2D eigenvalue weighted by molar-refractivity contribution is -0.159. The minimum absolute atomic E-state index is 0.176. The number of alkyl halides is 3. The fourth-order valence-corrected chi connectivity index (χ4v) is 3.83. The summed E-state index contributed by atoms with van der Waals surface area (Å²) in [5.74, 6) is -1.82. The number of β-amino-alcohol motifs (C(OH)–C–C–N with tert-alkyl or cyclic N) is 1. The molecule has 0 saturated carbocycles. The maximum atomic E-state index is 12.9. The van der Waals surface area contributed by atoms with Crippen LogP contribution in [-0.2, 0) is 13.2 Å². The standard InChI is InChI=1S/C21H17F3N6O3/c1-29-16(19(32)30-5-3-13(31)10-30)8-12-7-15(26-9-17(12)29)14-6-11(2-4-25-14)18-27-20(33-28-18)21(22,23)24/h2,4,6-9,13,31H,3,5,10H2,1H3/t13-/m0/s1. The molecule has 9 nitrogen and oxygen atoms in total. The van der Waals surface area contributed by atoms with E-state index < -0.39 is 18.2 Å². The average Bonchev–Trinajstić information content (AvgIpc) is 3.52. The second kappa shape index (κ2) is 7.66. The molecular formula is C21H17F3N6O3. The van der Waals surface area contributed by atoms with Crippen molar-refractivity contribution < 1.29 is 27.6 Å². The molecule has 1 amide bonds. The van der Waals surface area contributed by atoms with E-state index in [1.54, 1.807) is 34.8 Å². The summed E-state index contributed by atoms with van der Waals surface area (Å²) in [6, 6.07) is 6.47. The van der Waals surface area contributed by atoms with E-state index >= 15 is 0 Å². The number of rotatable bonds is 3. The van der Waals surface area contributed by atoms with Gasteiger partial charge in [-0.2, -0.15) is 18.2 Å². The summed E-state index contributed by atoms with van der Waals surface area (Å²) in [4.78, 5) is 26.5. The number of hydrogen-bond donors (Lipinski definition) is 1. The number of fused-ring (bicyclic) bond motifs is 1. The largest absolute Gasteiger partial charge is 0.471 e. The van der Waals surface area contributed by atoms with Gasteiger partial charge in [0.1, 0.15) is 5.69 Å². The van der Waals surface area contributed by atoms with Gasteiger partial charge in [-0.15, -0.1) is 0 Å². The molecular weight excluding hydrogens is 441 g/mol. The Balaban J connectivity index is 1.48. The zero-order chi connectivity index (χ0) is 23.3. The van der Waals surface area contributed by atoms with Gasteiger partial charge >= 0.3 is 12.1 Å². The van der Waals surface area contributed by atoms with Gasteiger partial charge in [0.05, 0.1) is 29.2 Å². The second-order valence-electron chi connectivity index (χ2n) is 7.76. The molecule has 33 heavy (non-hydrogen) atoms. The zero-order valence-corrected chi connectivity index (χ0v) is 17.2. The number of aromatic nitrogens is 5. The van der Waals surface area contributed by atoms with Crippen LogP contribution in [0.5, 0.6) is 0 Å². The smallest absolute Gasteiger partial charge is 0.391 e. The van der Waals surface area contributed by atoms with Gasteiger partial charge in [0, 0.05) is 37.3 Å². The summed E-state index contributed by atoms with van der Waals surface area (Å²) < 4.78 is 44.3. The number of pyridine rings is 2. The Morgan fingerprint density at radius 3 is 2.70 bits per heavy atom. The molecule has 1 saturated heterocycles.